The maximum absolute atomic E-state index is 15.5. The van der Waals surface area contributed by atoms with Crippen molar-refractivity contribution in [3.05, 3.63) is 35.6 Å². The Morgan fingerprint density at radius 3 is 2.42 bits per heavy atom. The molecule has 2 aliphatic heterocycles. The minimum Gasteiger partial charge on any atom is -0.497 e. The lowest BCUT2D eigenvalue weighted by atomic mass is 9.82. The molecule has 0 spiro atoms. The summed E-state index contributed by atoms with van der Waals surface area (Å²) in [6.07, 6.45) is -0.346. The van der Waals surface area contributed by atoms with Crippen LogP contribution in [-0.2, 0) is 9.31 Å². The van der Waals surface area contributed by atoms with Crippen LogP contribution in [0.3, 0.4) is 0 Å². The molecule has 1 aromatic carbocycles. The van der Waals surface area contributed by atoms with Crippen molar-refractivity contribution in [3.63, 3.8) is 0 Å². The molecule has 0 aliphatic carbocycles. The van der Waals surface area contributed by atoms with Crippen LogP contribution < -0.4 is 4.74 Å². The van der Waals surface area contributed by atoms with E-state index >= 15 is 4.39 Å². The molecule has 7 heteroatoms. The van der Waals surface area contributed by atoms with Crippen molar-refractivity contribution in [2.45, 2.75) is 45.0 Å². The van der Waals surface area contributed by atoms with E-state index in [1.165, 1.54) is 0 Å². The third-order valence-corrected chi connectivity index (χ3v) is 5.49. The summed E-state index contributed by atoms with van der Waals surface area (Å²) in [5, 5.41) is 9.55. The number of β-amino-alcohol motifs (C(OH)–C–C–N with tert-alkyl or cyclic N) is 1. The molecule has 2 heterocycles. The fourth-order valence-electron chi connectivity index (χ4n) is 3.10. The zero-order valence-electron chi connectivity index (χ0n) is 16.1. The first-order valence-corrected chi connectivity index (χ1v) is 8.92. The highest BCUT2D eigenvalue weighted by Crippen LogP contribution is 2.40. The van der Waals surface area contributed by atoms with Gasteiger partial charge in [-0.25, -0.2) is 4.39 Å². The van der Waals surface area contributed by atoms with Gasteiger partial charge >= 0.3 is 7.12 Å². The SMILES string of the molecule is COc1cccc(C(CN2CC(O)C2)=C(F)B2OC(C)(C)C(C)(C)O2)c1. The molecule has 2 saturated heterocycles. The van der Waals surface area contributed by atoms with Gasteiger partial charge in [-0.15, -0.1) is 0 Å². The van der Waals surface area contributed by atoms with Crippen molar-refractivity contribution < 1.29 is 23.5 Å². The second-order valence-electron chi connectivity index (χ2n) is 7.99. The molecule has 3 rings (SSSR count). The number of likely N-dealkylation sites (tertiary alicyclic amines) is 1. The van der Waals surface area contributed by atoms with Crippen molar-refractivity contribution in [2.75, 3.05) is 26.7 Å². The van der Waals surface area contributed by atoms with E-state index in [4.69, 9.17) is 14.0 Å². The number of hydrogen-bond acceptors (Lipinski definition) is 5. The Labute approximate surface area is 154 Å². The summed E-state index contributed by atoms with van der Waals surface area (Å²) in [6.45, 7) is 9.04. The van der Waals surface area contributed by atoms with Crippen molar-refractivity contribution in [1.29, 1.82) is 0 Å². The summed E-state index contributed by atoms with van der Waals surface area (Å²) in [5.74, 6) is 0.658. The average molecular weight is 363 g/mol. The van der Waals surface area contributed by atoms with Gasteiger partial charge in [0.05, 0.1) is 24.4 Å². The van der Waals surface area contributed by atoms with Gasteiger partial charge in [0, 0.05) is 25.2 Å². The molecule has 1 aromatic rings. The third-order valence-electron chi connectivity index (χ3n) is 5.49. The second kappa shape index (κ2) is 6.96. The van der Waals surface area contributed by atoms with E-state index in [0.29, 0.717) is 31.0 Å². The van der Waals surface area contributed by atoms with Crippen molar-refractivity contribution in [3.8, 4) is 5.75 Å². The lowest BCUT2D eigenvalue weighted by Crippen LogP contribution is -2.51. The van der Waals surface area contributed by atoms with Gasteiger partial charge in [-0.05, 0) is 45.4 Å². The quantitative estimate of drug-likeness (QED) is 0.816. The molecule has 0 atom stereocenters. The van der Waals surface area contributed by atoms with Crippen LogP contribution >= 0.6 is 0 Å². The maximum Gasteiger partial charge on any atom is 0.525 e. The smallest absolute Gasteiger partial charge is 0.497 e. The molecule has 0 aromatic heterocycles. The Bertz CT molecular complexity index is 685. The van der Waals surface area contributed by atoms with E-state index in [0.717, 1.165) is 5.56 Å². The second-order valence-corrected chi connectivity index (χ2v) is 7.99. The van der Waals surface area contributed by atoms with Gasteiger partial charge in [-0.3, -0.25) is 4.90 Å². The van der Waals surface area contributed by atoms with E-state index in [-0.39, 0.29) is 6.10 Å². The van der Waals surface area contributed by atoms with Crippen LogP contribution in [0.2, 0.25) is 0 Å². The zero-order chi connectivity index (χ0) is 19.1. The maximum atomic E-state index is 15.5. The summed E-state index contributed by atoms with van der Waals surface area (Å²) < 4.78 is 32.5. The minimum atomic E-state index is -1.05. The van der Waals surface area contributed by atoms with Crippen LogP contribution in [0, 0.1) is 0 Å². The fourth-order valence-corrected chi connectivity index (χ4v) is 3.10. The number of benzene rings is 1. The van der Waals surface area contributed by atoms with Gasteiger partial charge in [0.2, 0.25) is 0 Å². The van der Waals surface area contributed by atoms with Gasteiger partial charge < -0.3 is 19.2 Å². The largest absolute Gasteiger partial charge is 0.525 e. The fraction of sp³-hybridized carbons (Fsp3) is 0.579. The van der Waals surface area contributed by atoms with Crippen molar-refractivity contribution >= 4 is 12.7 Å². The van der Waals surface area contributed by atoms with Crippen LogP contribution in [0.25, 0.3) is 5.57 Å². The van der Waals surface area contributed by atoms with Gasteiger partial charge in [0.1, 0.15) is 11.5 Å². The van der Waals surface area contributed by atoms with Gasteiger partial charge in [-0.1, -0.05) is 12.1 Å². The summed E-state index contributed by atoms with van der Waals surface area (Å²) in [5.41, 5.74) is -0.436. The predicted molar refractivity (Wildman–Crippen MR) is 99.6 cm³/mol. The van der Waals surface area contributed by atoms with E-state index in [2.05, 4.69) is 0 Å². The molecule has 1 N–H and O–H groups in total. The van der Waals surface area contributed by atoms with Crippen molar-refractivity contribution in [1.82, 2.24) is 4.90 Å². The number of halogens is 1. The molecule has 2 aliphatic rings. The van der Waals surface area contributed by atoms with E-state index in [1.54, 1.807) is 13.2 Å². The standard InChI is InChI=1S/C19H27BFNO4/c1-18(2)19(3,4)26-20(25-18)17(21)16(12-22-10-14(23)11-22)13-7-6-8-15(9-13)24-5/h6-9,14,23H,10-12H2,1-5H3. The Kier molecular flexibility index (Phi) is 5.18. The highest BCUT2D eigenvalue weighted by molar-refractivity contribution is 6.55. The Morgan fingerprint density at radius 1 is 1.27 bits per heavy atom. The molecule has 5 nitrogen and oxygen atoms in total. The van der Waals surface area contributed by atoms with Gasteiger partial charge in [0.25, 0.3) is 0 Å². The highest BCUT2D eigenvalue weighted by atomic mass is 19.1. The molecule has 0 amide bonds. The van der Waals surface area contributed by atoms with Crippen LogP contribution in [0.4, 0.5) is 4.39 Å². The van der Waals surface area contributed by atoms with Crippen LogP contribution in [0.1, 0.15) is 33.3 Å². The number of rotatable bonds is 5. The van der Waals surface area contributed by atoms with Gasteiger partial charge in [0.15, 0.2) is 0 Å². The normalized spacial score (nSPS) is 23.6. The first-order valence-electron chi connectivity index (χ1n) is 8.92. The first kappa shape index (κ1) is 19.4. The summed E-state index contributed by atoms with van der Waals surface area (Å²) >= 11 is 0. The number of aliphatic hydroxyl groups is 1. The average Bonchev–Trinajstić information content (AvgIpc) is 2.78. The lowest BCUT2D eigenvalue weighted by Gasteiger charge is -2.36. The molecule has 0 saturated carbocycles. The van der Waals surface area contributed by atoms with Crippen molar-refractivity contribution in [2.24, 2.45) is 0 Å². The molecule has 0 unspecified atom stereocenters. The summed E-state index contributed by atoms with van der Waals surface area (Å²) in [6, 6.07) is 7.30. The molecule has 0 bridgehead atoms. The van der Waals surface area contributed by atoms with E-state index in [9.17, 15) is 5.11 Å². The van der Waals surface area contributed by atoms with Crippen LogP contribution in [0.5, 0.6) is 5.75 Å². The number of ether oxygens (including phenoxy) is 1. The number of hydrogen-bond donors (Lipinski definition) is 1. The van der Waals surface area contributed by atoms with Gasteiger partial charge in [-0.2, -0.15) is 0 Å². The lowest BCUT2D eigenvalue weighted by molar-refractivity contribution is 0.00578. The van der Waals surface area contributed by atoms with E-state index in [1.807, 2.05) is 50.8 Å². The van der Waals surface area contributed by atoms with Crippen LogP contribution in [0.15, 0.2) is 30.0 Å². The minimum absolute atomic E-state index is 0.346. The number of aliphatic hydroxyl groups excluding tert-OH is 1. The summed E-state index contributed by atoms with van der Waals surface area (Å²) in [7, 11) is 0.534. The topological polar surface area (TPSA) is 51.2 Å². The predicted octanol–water partition coefficient (Wildman–Crippen LogP) is 2.68. The molecular formula is C19H27BFNO4. The first-order chi connectivity index (χ1) is 12.1. The molecule has 0 radical (unpaired) electrons. The molecule has 142 valence electrons. The number of methoxy groups -OCH3 is 1. The highest BCUT2D eigenvalue weighted by Gasteiger charge is 2.53. The summed E-state index contributed by atoms with van der Waals surface area (Å²) in [4.78, 5) is 1.99. The van der Waals surface area contributed by atoms with Crippen LogP contribution in [-0.4, -0.2) is 61.2 Å². The Morgan fingerprint density at radius 2 is 1.88 bits per heavy atom. The third kappa shape index (κ3) is 3.67. The molecular weight excluding hydrogens is 336 g/mol. The van der Waals surface area contributed by atoms with E-state index < -0.39 is 24.0 Å². The Balaban J connectivity index is 1.94. The monoisotopic (exact) mass is 363 g/mol. The zero-order valence-corrected chi connectivity index (χ0v) is 16.1. The molecule has 2 fully saturated rings. The molecule has 26 heavy (non-hydrogen) atoms. The Hall–Kier alpha value is -1.41. The number of nitrogens with zero attached hydrogens (tertiary/aromatic N) is 1.